The van der Waals surface area contributed by atoms with Crippen molar-refractivity contribution >= 4 is 27.9 Å². The zero-order valence-corrected chi connectivity index (χ0v) is 23.3. The van der Waals surface area contributed by atoms with Gasteiger partial charge in [-0.3, -0.25) is 14.4 Å². The molecule has 2 heterocycles. The number of carbonyl (C=O) groups is 3. The van der Waals surface area contributed by atoms with Crippen LogP contribution in [-0.2, 0) is 48.1 Å². The van der Waals surface area contributed by atoms with E-state index in [4.69, 9.17) is 23.7 Å². The molecule has 3 rings (SSSR count). The van der Waals surface area contributed by atoms with Gasteiger partial charge in [0.05, 0.1) is 11.0 Å². The van der Waals surface area contributed by atoms with E-state index in [0.717, 1.165) is 18.4 Å². The van der Waals surface area contributed by atoms with Crippen molar-refractivity contribution in [2.45, 2.75) is 102 Å². The molecule has 0 aliphatic carbocycles. The molecule has 1 aromatic rings. The molecule has 1 aromatic carbocycles. The Morgan fingerprint density at radius 2 is 1.53 bits per heavy atom. The smallest absolute Gasteiger partial charge is 0.303 e. The fourth-order valence-electron chi connectivity index (χ4n) is 4.88. The maximum absolute atomic E-state index is 13.2. The Morgan fingerprint density at radius 1 is 0.947 bits per heavy atom. The third-order valence-electron chi connectivity index (χ3n) is 6.55. The molecule has 0 spiro atoms. The first kappa shape index (κ1) is 30.0. The summed E-state index contributed by atoms with van der Waals surface area (Å²) in [6.07, 6.45) is -2.49. The monoisotopic (exact) mass is 555 g/mol. The number of sulfonamides is 1. The normalized spacial score (nSPS) is 28.0. The standard InChI is InChI=1S/C26H37NO10S/c1-16-10-12-22(13-11-16)38(31,32)27-14-6-8-21(27)9-7-15-33-26-25(37-20(5)30)24(36-19(4)29)23(17(2)34-26)35-18(3)28/h10-13,17,21,23-26H,6-9,14-15H2,1-5H3/t17-,21-,23+,24+,25-,26-/m0/s1. The summed E-state index contributed by atoms with van der Waals surface area (Å²) in [5.74, 6) is -1.90. The van der Waals surface area contributed by atoms with Crippen LogP contribution >= 0.6 is 0 Å². The molecule has 2 aliphatic heterocycles. The van der Waals surface area contributed by atoms with E-state index in [1.165, 1.54) is 20.8 Å². The van der Waals surface area contributed by atoms with E-state index in [1.54, 1.807) is 35.5 Å². The van der Waals surface area contributed by atoms with Crippen LogP contribution in [0.25, 0.3) is 0 Å². The van der Waals surface area contributed by atoms with Gasteiger partial charge in [0, 0.05) is 40.0 Å². The molecular weight excluding hydrogens is 518 g/mol. The van der Waals surface area contributed by atoms with Crippen LogP contribution in [0.2, 0.25) is 0 Å². The SMILES string of the molecule is CC(=O)O[C@H]1[C@H](OC(C)=O)[C@@H](OCCC[C@@H]2CCCN2S(=O)(=O)c2ccc(C)cc2)O[C@@H](C)[C@H]1OC(C)=O. The summed E-state index contributed by atoms with van der Waals surface area (Å²) in [4.78, 5) is 35.5. The lowest BCUT2D eigenvalue weighted by Gasteiger charge is -2.43. The second-order valence-corrected chi connectivity index (χ2v) is 11.6. The summed E-state index contributed by atoms with van der Waals surface area (Å²) in [7, 11) is -3.61. The lowest BCUT2D eigenvalue weighted by molar-refractivity contribution is -0.300. The number of rotatable bonds is 10. The second kappa shape index (κ2) is 13.0. The minimum absolute atomic E-state index is 0.164. The third kappa shape index (κ3) is 7.52. The highest BCUT2D eigenvalue weighted by Gasteiger charge is 2.51. The number of hydrogen-bond acceptors (Lipinski definition) is 10. The predicted octanol–water partition coefficient (Wildman–Crippen LogP) is 2.48. The number of ether oxygens (including phenoxy) is 5. The van der Waals surface area contributed by atoms with Crippen molar-refractivity contribution in [1.29, 1.82) is 0 Å². The number of esters is 3. The average Bonchev–Trinajstić information content (AvgIpc) is 3.30. The molecule has 0 bridgehead atoms. The van der Waals surface area contributed by atoms with Crippen LogP contribution in [0.1, 0.15) is 58.9 Å². The van der Waals surface area contributed by atoms with Crippen molar-refractivity contribution < 1.29 is 46.5 Å². The zero-order valence-electron chi connectivity index (χ0n) is 22.5. The van der Waals surface area contributed by atoms with Crippen molar-refractivity contribution in [2.75, 3.05) is 13.2 Å². The van der Waals surface area contributed by atoms with Crippen molar-refractivity contribution in [3.05, 3.63) is 29.8 Å². The van der Waals surface area contributed by atoms with Gasteiger partial charge in [-0.2, -0.15) is 4.31 Å². The molecule has 6 atom stereocenters. The van der Waals surface area contributed by atoms with Crippen LogP contribution in [-0.4, -0.2) is 80.5 Å². The van der Waals surface area contributed by atoms with Crippen LogP contribution < -0.4 is 0 Å². The number of carbonyl (C=O) groups excluding carboxylic acids is 3. The Hall–Kier alpha value is -2.54. The Morgan fingerprint density at radius 3 is 2.13 bits per heavy atom. The van der Waals surface area contributed by atoms with E-state index in [0.29, 0.717) is 19.4 Å². The molecule has 11 nitrogen and oxygen atoms in total. The van der Waals surface area contributed by atoms with Crippen LogP contribution in [0.15, 0.2) is 29.2 Å². The first-order valence-electron chi connectivity index (χ1n) is 12.8. The molecule has 0 N–H and O–H groups in total. The van der Waals surface area contributed by atoms with Gasteiger partial charge in [0.15, 0.2) is 24.6 Å². The predicted molar refractivity (Wildman–Crippen MR) is 134 cm³/mol. The van der Waals surface area contributed by atoms with E-state index in [2.05, 4.69) is 0 Å². The molecule has 0 saturated carbocycles. The van der Waals surface area contributed by atoms with Crippen molar-refractivity contribution in [1.82, 2.24) is 4.31 Å². The average molecular weight is 556 g/mol. The van der Waals surface area contributed by atoms with E-state index in [-0.39, 0.29) is 17.5 Å². The minimum Gasteiger partial charge on any atom is -0.456 e. The summed E-state index contributed by atoms with van der Waals surface area (Å²) < 4.78 is 55.8. The van der Waals surface area contributed by atoms with E-state index >= 15 is 0 Å². The van der Waals surface area contributed by atoms with Gasteiger partial charge in [-0.1, -0.05) is 17.7 Å². The van der Waals surface area contributed by atoms with Gasteiger partial charge in [0.2, 0.25) is 10.0 Å². The molecular formula is C26H37NO10S. The van der Waals surface area contributed by atoms with Crippen LogP contribution in [0.5, 0.6) is 0 Å². The quantitative estimate of drug-likeness (QED) is 0.241. The fraction of sp³-hybridized carbons (Fsp3) is 0.654. The lowest BCUT2D eigenvalue weighted by atomic mass is 9.99. The highest BCUT2D eigenvalue weighted by molar-refractivity contribution is 7.89. The molecule has 212 valence electrons. The minimum atomic E-state index is -3.61. The number of hydrogen-bond donors (Lipinski definition) is 0. The number of nitrogens with zero attached hydrogens (tertiary/aromatic N) is 1. The van der Waals surface area contributed by atoms with Crippen LogP contribution in [0.4, 0.5) is 0 Å². The van der Waals surface area contributed by atoms with E-state index < -0.39 is 58.6 Å². The summed E-state index contributed by atoms with van der Waals surface area (Å²) in [5, 5.41) is 0. The first-order chi connectivity index (χ1) is 17.9. The largest absolute Gasteiger partial charge is 0.456 e. The first-order valence-corrected chi connectivity index (χ1v) is 14.2. The maximum atomic E-state index is 13.2. The lowest BCUT2D eigenvalue weighted by Crippen LogP contribution is -2.61. The summed E-state index contributed by atoms with van der Waals surface area (Å²) in [6, 6.07) is 6.66. The number of benzene rings is 1. The molecule has 2 aliphatic rings. The fourth-order valence-corrected chi connectivity index (χ4v) is 6.61. The summed E-state index contributed by atoms with van der Waals surface area (Å²) >= 11 is 0. The van der Waals surface area contributed by atoms with Crippen molar-refractivity contribution in [2.24, 2.45) is 0 Å². The molecule has 2 fully saturated rings. The van der Waals surface area contributed by atoms with Crippen molar-refractivity contribution in [3.63, 3.8) is 0 Å². The zero-order chi connectivity index (χ0) is 28.0. The molecule has 38 heavy (non-hydrogen) atoms. The second-order valence-electron chi connectivity index (χ2n) is 9.67. The molecule has 0 amide bonds. The Kier molecular flexibility index (Phi) is 10.3. The highest BCUT2D eigenvalue weighted by Crippen LogP contribution is 2.31. The van der Waals surface area contributed by atoms with Gasteiger partial charge in [0.1, 0.15) is 0 Å². The van der Waals surface area contributed by atoms with Gasteiger partial charge in [-0.15, -0.1) is 0 Å². The van der Waals surface area contributed by atoms with Gasteiger partial charge in [0.25, 0.3) is 0 Å². The Labute approximate surface area is 223 Å². The van der Waals surface area contributed by atoms with E-state index in [9.17, 15) is 22.8 Å². The molecule has 0 unspecified atom stereocenters. The van der Waals surface area contributed by atoms with Gasteiger partial charge in [-0.05, 0) is 51.7 Å². The molecule has 0 radical (unpaired) electrons. The maximum Gasteiger partial charge on any atom is 0.303 e. The summed E-state index contributed by atoms with van der Waals surface area (Å²) in [6.45, 7) is 7.79. The van der Waals surface area contributed by atoms with Gasteiger partial charge >= 0.3 is 17.9 Å². The number of aryl methyl sites for hydroxylation is 1. The van der Waals surface area contributed by atoms with Gasteiger partial charge in [-0.25, -0.2) is 8.42 Å². The topological polar surface area (TPSA) is 135 Å². The van der Waals surface area contributed by atoms with Crippen LogP contribution in [0, 0.1) is 6.92 Å². The van der Waals surface area contributed by atoms with Gasteiger partial charge < -0.3 is 23.7 Å². The van der Waals surface area contributed by atoms with Crippen molar-refractivity contribution in [3.8, 4) is 0 Å². The third-order valence-corrected chi connectivity index (χ3v) is 8.51. The Balaban J connectivity index is 1.64. The van der Waals surface area contributed by atoms with E-state index in [1.807, 2.05) is 6.92 Å². The Bertz CT molecular complexity index is 1090. The highest BCUT2D eigenvalue weighted by atomic mass is 32.2. The molecule has 2 saturated heterocycles. The molecule has 0 aromatic heterocycles. The molecule has 12 heteroatoms. The van der Waals surface area contributed by atoms with Crippen LogP contribution in [0.3, 0.4) is 0 Å². The summed E-state index contributed by atoms with van der Waals surface area (Å²) in [5.41, 5.74) is 0.987.